The third kappa shape index (κ3) is 8.86. The van der Waals surface area contributed by atoms with Crippen LogP contribution in [-0.4, -0.2) is 21.1 Å². The first-order valence-electron chi connectivity index (χ1n) is 25.7. The van der Waals surface area contributed by atoms with E-state index in [9.17, 15) is 0 Å². The molecule has 0 N–H and O–H groups in total. The minimum atomic E-state index is 0.405. The van der Waals surface area contributed by atoms with Gasteiger partial charge < -0.3 is 8.98 Å². The van der Waals surface area contributed by atoms with Gasteiger partial charge in [-0.05, 0) is 133 Å². The summed E-state index contributed by atoms with van der Waals surface area (Å²) >= 11 is 0. The van der Waals surface area contributed by atoms with E-state index in [1.165, 1.54) is 45.4 Å². The lowest BCUT2D eigenvalue weighted by atomic mass is 9.75. The molecule has 1 aliphatic carbocycles. The highest BCUT2D eigenvalue weighted by Crippen LogP contribution is 2.46. The SMILES string of the molecule is C=C/C=C\C1=C(/C)C/C=C\c2c(n(-c3ccccc3)c3ccccc23)C(=C)N1C(CCC)=NC(=NC(=C)c1ccc2c(c1)oc1ccccc12)c1ccc(-c2c(C)cccc2-c2ccccc2)c(C2CCC2)c1. The van der Waals surface area contributed by atoms with Gasteiger partial charge in [0.1, 0.15) is 17.0 Å². The van der Waals surface area contributed by atoms with Gasteiger partial charge in [0.25, 0.3) is 0 Å². The van der Waals surface area contributed by atoms with Crippen molar-refractivity contribution in [3.05, 3.63) is 253 Å². The number of furan rings is 1. The second-order valence-corrected chi connectivity index (χ2v) is 19.4. The van der Waals surface area contributed by atoms with Crippen molar-refractivity contribution in [1.29, 1.82) is 0 Å². The number of benzene rings is 7. The smallest absolute Gasteiger partial charge is 0.161 e. The quantitative estimate of drug-likeness (QED) is 0.0737. The summed E-state index contributed by atoms with van der Waals surface area (Å²) in [6, 6.07) is 58.1. The van der Waals surface area contributed by atoms with Crippen LogP contribution in [0.3, 0.4) is 0 Å². The van der Waals surface area contributed by atoms with Crippen LogP contribution in [0.2, 0.25) is 0 Å². The average Bonchev–Trinajstić information content (AvgIpc) is 3.96. The third-order valence-electron chi connectivity index (χ3n) is 14.6. The van der Waals surface area contributed by atoms with Crippen molar-refractivity contribution >= 4 is 62.0 Å². The second kappa shape index (κ2) is 20.3. The Balaban J connectivity index is 1.15. The van der Waals surface area contributed by atoms with Crippen LogP contribution in [0.5, 0.6) is 0 Å². The Morgan fingerprint density at radius 1 is 0.726 bits per heavy atom. The normalized spacial score (nSPS) is 16.2. The van der Waals surface area contributed by atoms with Gasteiger partial charge in [0.2, 0.25) is 0 Å². The molecule has 1 saturated carbocycles. The molecule has 0 amide bonds. The first-order valence-corrected chi connectivity index (χ1v) is 25.7. The van der Waals surface area contributed by atoms with E-state index in [2.05, 4.69) is 207 Å². The molecule has 73 heavy (non-hydrogen) atoms. The van der Waals surface area contributed by atoms with Crippen LogP contribution in [0.4, 0.5) is 0 Å². The fourth-order valence-corrected chi connectivity index (χ4v) is 10.8. The predicted molar refractivity (Wildman–Crippen MR) is 310 cm³/mol. The highest BCUT2D eigenvalue weighted by molar-refractivity contribution is 6.12. The van der Waals surface area contributed by atoms with Crippen LogP contribution in [0.1, 0.15) is 91.8 Å². The number of amidine groups is 2. The Morgan fingerprint density at radius 3 is 2.22 bits per heavy atom. The maximum atomic E-state index is 6.41. The monoisotopic (exact) mass is 948 g/mol. The number of allylic oxidation sites excluding steroid dienone is 5. The molecule has 2 aromatic heterocycles. The number of aryl methyl sites for hydroxylation is 1. The summed E-state index contributed by atoms with van der Waals surface area (Å²) in [5.74, 6) is 1.81. The van der Waals surface area contributed by atoms with Crippen molar-refractivity contribution < 1.29 is 4.42 Å². The molecular weight excluding hydrogens is 889 g/mol. The van der Waals surface area contributed by atoms with E-state index in [0.29, 0.717) is 23.9 Å². The van der Waals surface area contributed by atoms with Gasteiger partial charge in [-0.15, -0.1) is 0 Å². The molecule has 0 unspecified atom stereocenters. The van der Waals surface area contributed by atoms with Gasteiger partial charge >= 0.3 is 0 Å². The molecule has 3 heterocycles. The molecule has 1 fully saturated rings. The minimum absolute atomic E-state index is 0.405. The fourth-order valence-electron chi connectivity index (χ4n) is 10.8. The van der Waals surface area contributed by atoms with Crippen molar-refractivity contribution in [1.82, 2.24) is 9.47 Å². The van der Waals surface area contributed by atoms with Gasteiger partial charge in [-0.2, -0.15) is 0 Å². The molecule has 0 saturated heterocycles. The number of aromatic nitrogens is 1. The molecule has 0 spiro atoms. The van der Waals surface area contributed by atoms with E-state index in [-0.39, 0.29) is 0 Å². The number of aliphatic imine (C=N–C) groups is 2. The lowest BCUT2D eigenvalue weighted by Gasteiger charge is -2.32. The molecule has 1 aliphatic heterocycles. The maximum absolute atomic E-state index is 6.41. The largest absolute Gasteiger partial charge is 0.456 e. The fraction of sp³-hybridized carbons (Fsp3) is 0.147. The summed E-state index contributed by atoms with van der Waals surface area (Å²) in [5, 5.41) is 3.30. The van der Waals surface area contributed by atoms with Crippen LogP contribution in [0, 0.1) is 6.92 Å². The van der Waals surface area contributed by atoms with Crippen molar-refractivity contribution in [2.45, 2.75) is 65.2 Å². The molecule has 0 radical (unpaired) electrons. The van der Waals surface area contributed by atoms with Crippen molar-refractivity contribution in [2.75, 3.05) is 0 Å². The summed E-state index contributed by atoms with van der Waals surface area (Å²) in [4.78, 5) is 13.7. The lowest BCUT2D eigenvalue weighted by Crippen LogP contribution is -2.31. The Morgan fingerprint density at radius 2 is 1.45 bits per heavy atom. The van der Waals surface area contributed by atoms with E-state index in [4.69, 9.17) is 21.0 Å². The molecule has 358 valence electrons. The average molecular weight is 949 g/mol. The van der Waals surface area contributed by atoms with Gasteiger partial charge in [-0.3, -0.25) is 4.90 Å². The molecule has 0 bridgehead atoms. The van der Waals surface area contributed by atoms with E-state index >= 15 is 0 Å². The van der Waals surface area contributed by atoms with Crippen LogP contribution in [0.25, 0.3) is 78.3 Å². The maximum Gasteiger partial charge on any atom is 0.161 e. The zero-order valence-corrected chi connectivity index (χ0v) is 42.1. The second-order valence-electron chi connectivity index (χ2n) is 19.4. The topological polar surface area (TPSA) is 46.0 Å². The Kier molecular flexibility index (Phi) is 13.0. The van der Waals surface area contributed by atoms with Gasteiger partial charge in [0.05, 0.1) is 22.6 Å². The highest BCUT2D eigenvalue weighted by Gasteiger charge is 2.30. The first kappa shape index (κ1) is 46.8. The minimum Gasteiger partial charge on any atom is -0.456 e. The Bertz CT molecular complexity index is 3770. The third-order valence-corrected chi connectivity index (χ3v) is 14.6. The number of fused-ring (bicyclic) bond motifs is 6. The molecule has 9 aromatic rings. The van der Waals surface area contributed by atoms with Crippen LogP contribution in [0.15, 0.2) is 234 Å². The van der Waals surface area contributed by atoms with Crippen LogP contribution >= 0.6 is 0 Å². The summed E-state index contributed by atoms with van der Waals surface area (Å²) in [5.41, 5.74) is 18.8. The van der Waals surface area contributed by atoms with E-state index < -0.39 is 0 Å². The highest BCUT2D eigenvalue weighted by atomic mass is 16.3. The van der Waals surface area contributed by atoms with Crippen LogP contribution < -0.4 is 0 Å². The summed E-state index contributed by atoms with van der Waals surface area (Å²) in [6.45, 7) is 20.5. The summed E-state index contributed by atoms with van der Waals surface area (Å²) in [7, 11) is 0. The molecule has 5 heteroatoms. The lowest BCUT2D eigenvalue weighted by molar-refractivity contribution is 0.420. The molecule has 2 aliphatic rings. The number of nitrogens with zero attached hydrogens (tertiary/aromatic N) is 4. The van der Waals surface area contributed by atoms with Crippen molar-refractivity contribution in [2.24, 2.45) is 9.98 Å². The zero-order valence-electron chi connectivity index (χ0n) is 42.1. The van der Waals surface area contributed by atoms with Gasteiger partial charge in [0, 0.05) is 50.7 Å². The standard InChI is InChI=1S/C68H60N4O/c1-7-9-36-61-45(3)24-20-35-59-55-32-16-18-37-62(55)72(53-30-14-11-15-31-53)67(59)48(6)71(61)65(23-8-2)70-68(69-47(5)51-39-41-57-56-33-17-19-38-63(56)73-64(57)44-51)52-40-42-58(60(43-52)50-28-22-29-50)66-46(4)25-21-34-54(66)49-26-12-10-13-27-49/h7,9-21,25-27,30-44,50H,1,5-6,8,22-24,28-29H2,2-4H3/b35-20-,36-9-,61-45-,69-68?,70-65?. The molecule has 5 nitrogen and oxygen atoms in total. The van der Waals surface area contributed by atoms with Crippen molar-refractivity contribution in [3.8, 4) is 27.9 Å². The van der Waals surface area contributed by atoms with Gasteiger partial charge in [-0.25, -0.2) is 9.98 Å². The number of rotatable bonds is 11. The zero-order chi connectivity index (χ0) is 50.0. The summed E-state index contributed by atoms with van der Waals surface area (Å²) < 4.78 is 8.76. The Hall–Kier alpha value is -8.54. The molecule has 11 rings (SSSR count). The van der Waals surface area contributed by atoms with E-state index in [1.807, 2.05) is 30.4 Å². The van der Waals surface area contributed by atoms with E-state index in [0.717, 1.165) is 104 Å². The van der Waals surface area contributed by atoms with E-state index in [1.54, 1.807) is 0 Å². The number of hydrogen-bond acceptors (Lipinski definition) is 2. The molecular formula is C68H60N4O. The molecule has 0 atom stereocenters. The van der Waals surface area contributed by atoms with Gasteiger partial charge in [-0.1, -0.05) is 179 Å². The number of para-hydroxylation sites is 3. The summed E-state index contributed by atoms with van der Waals surface area (Å²) in [6.07, 6.45) is 16.2. The molecule has 7 aromatic carbocycles. The predicted octanol–water partition coefficient (Wildman–Crippen LogP) is 18.5. The van der Waals surface area contributed by atoms with Gasteiger partial charge in [0.15, 0.2) is 5.84 Å². The number of hydrogen-bond donors (Lipinski definition) is 0. The van der Waals surface area contributed by atoms with Crippen molar-refractivity contribution in [3.63, 3.8) is 0 Å². The van der Waals surface area contributed by atoms with Crippen LogP contribution in [-0.2, 0) is 0 Å². The first-order chi connectivity index (χ1) is 35.8. The Labute approximate surface area is 429 Å².